The van der Waals surface area contributed by atoms with Gasteiger partial charge in [0.05, 0.1) is 37.7 Å². The van der Waals surface area contributed by atoms with Crippen molar-refractivity contribution in [2.24, 2.45) is 5.10 Å². The number of carbonyl (C=O) groups is 3. The van der Waals surface area contributed by atoms with Crippen LogP contribution in [-0.2, 0) is 19.1 Å². The minimum absolute atomic E-state index is 0.0228. The molecule has 0 saturated carbocycles. The van der Waals surface area contributed by atoms with Gasteiger partial charge in [-0.15, -0.1) is 0 Å². The standard InChI is InChI=1S/C22H24BrN3O7/c1-30-17-7-5-4-6-16(17)25-19(27)8-9-20(28)26-24-12-14-10-15(23)22(18(11-14)31-2)33-13-21(29)32-3/h4-7,10-12H,8-9,13H2,1-3H3,(H,25,27)(H,26,28). The number of nitrogens with zero attached hydrogens (tertiary/aromatic N) is 1. The van der Waals surface area contributed by atoms with Crippen LogP contribution in [0.5, 0.6) is 17.2 Å². The van der Waals surface area contributed by atoms with E-state index in [1.54, 1.807) is 36.4 Å². The number of methoxy groups -OCH3 is 3. The van der Waals surface area contributed by atoms with Crippen LogP contribution in [0, 0.1) is 0 Å². The van der Waals surface area contributed by atoms with Crippen molar-refractivity contribution >= 4 is 45.6 Å². The van der Waals surface area contributed by atoms with E-state index in [0.717, 1.165) is 0 Å². The van der Waals surface area contributed by atoms with E-state index in [0.29, 0.717) is 33.0 Å². The summed E-state index contributed by atoms with van der Waals surface area (Å²) >= 11 is 3.35. The van der Waals surface area contributed by atoms with Crippen molar-refractivity contribution in [2.75, 3.05) is 33.3 Å². The van der Waals surface area contributed by atoms with Gasteiger partial charge in [0.2, 0.25) is 11.8 Å². The zero-order valence-corrected chi connectivity index (χ0v) is 19.9. The van der Waals surface area contributed by atoms with Crippen molar-refractivity contribution in [3.63, 3.8) is 0 Å². The molecule has 0 heterocycles. The molecule has 33 heavy (non-hydrogen) atoms. The van der Waals surface area contributed by atoms with Crippen molar-refractivity contribution in [2.45, 2.75) is 12.8 Å². The highest BCUT2D eigenvalue weighted by Crippen LogP contribution is 2.36. The molecule has 0 radical (unpaired) electrons. The molecule has 11 heteroatoms. The van der Waals surface area contributed by atoms with E-state index in [2.05, 4.69) is 36.5 Å². The maximum Gasteiger partial charge on any atom is 0.343 e. The Labute approximate surface area is 199 Å². The summed E-state index contributed by atoms with van der Waals surface area (Å²) in [7, 11) is 4.22. The topological polar surface area (TPSA) is 125 Å². The van der Waals surface area contributed by atoms with Crippen molar-refractivity contribution in [1.82, 2.24) is 5.43 Å². The third-order valence-electron chi connectivity index (χ3n) is 4.18. The molecule has 0 saturated heterocycles. The van der Waals surface area contributed by atoms with Gasteiger partial charge in [-0.3, -0.25) is 9.59 Å². The Bertz CT molecular complexity index is 1030. The third-order valence-corrected chi connectivity index (χ3v) is 4.77. The van der Waals surface area contributed by atoms with Crippen molar-refractivity contribution in [3.8, 4) is 17.2 Å². The highest BCUT2D eigenvalue weighted by atomic mass is 79.9. The molecule has 0 unspecified atom stereocenters. The second-order valence-corrected chi connectivity index (χ2v) is 7.29. The molecule has 0 aliphatic rings. The fourth-order valence-electron chi connectivity index (χ4n) is 2.57. The fourth-order valence-corrected chi connectivity index (χ4v) is 3.14. The van der Waals surface area contributed by atoms with E-state index in [4.69, 9.17) is 14.2 Å². The monoisotopic (exact) mass is 521 g/mol. The molecule has 2 rings (SSSR count). The number of para-hydroxylation sites is 2. The number of carbonyl (C=O) groups excluding carboxylic acids is 3. The van der Waals surface area contributed by atoms with E-state index < -0.39 is 11.9 Å². The van der Waals surface area contributed by atoms with Crippen LogP contribution in [0.15, 0.2) is 46.0 Å². The predicted molar refractivity (Wildman–Crippen MR) is 125 cm³/mol. The molecule has 10 nitrogen and oxygen atoms in total. The number of hydrazone groups is 1. The lowest BCUT2D eigenvalue weighted by atomic mass is 10.2. The lowest BCUT2D eigenvalue weighted by Gasteiger charge is -2.12. The molecule has 0 aliphatic carbocycles. The smallest absolute Gasteiger partial charge is 0.343 e. The van der Waals surface area contributed by atoms with Crippen molar-refractivity contribution < 1.29 is 33.3 Å². The summed E-state index contributed by atoms with van der Waals surface area (Å²) in [6.07, 6.45) is 1.33. The first-order valence-electron chi connectivity index (χ1n) is 9.69. The summed E-state index contributed by atoms with van der Waals surface area (Å²) in [5, 5.41) is 6.60. The zero-order valence-electron chi connectivity index (χ0n) is 18.3. The molecule has 0 aliphatic heterocycles. The number of anilines is 1. The van der Waals surface area contributed by atoms with Gasteiger partial charge in [-0.2, -0.15) is 5.10 Å². The number of amides is 2. The molecule has 2 N–H and O–H groups in total. The quantitative estimate of drug-likeness (QED) is 0.264. The normalized spacial score (nSPS) is 10.4. The number of hydrogen-bond acceptors (Lipinski definition) is 8. The average Bonchev–Trinajstić information content (AvgIpc) is 2.81. The summed E-state index contributed by atoms with van der Waals surface area (Å²) in [6, 6.07) is 10.3. The Kier molecular flexibility index (Phi) is 10.2. The molecule has 2 aromatic carbocycles. The minimum Gasteiger partial charge on any atom is -0.495 e. The summed E-state index contributed by atoms with van der Waals surface area (Å²) in [4.78, 5) is 35.4. The van der Waals surface area contributed by atoms with Gasteiger partial charge in [0, 0.05) is 12.8 Å². The fraction of sp³-hybridized carbons (Fsp3) is 0.273. The van der Waals surface area contributed by atoms with E-state index in [1.807, 2.05) is 0 Å². The first kappa shape index (κ1) is 25.7. The number of nitrogens with one attached hydrogen (secondary N) is 2. The molecule has 0 spiro atoms. The molecule has 0 fully saturated rings. The second-order valence-electron chi connectivity index (χ2n) is 6.44. The molecule has 176 valence electrons. The van der Waals surface area contributed by atoms with Gasteiger partial charge in [0.1, 0.15) is 5.75 Å². The van der Waals surface area contributed by atoms with Crippen LogP contribution >= 0.6 is 15.9 Å². The molecule has 2 aromatic rings. The van der Waals surface area contributed by atoms with Gasteiger partial charge >= 0.3 is 5.97 Å². The second kappa shape index (κ2) is 13.1. The maximum absolute atomic E-state index is 12.1. The van der Waals surface area contributed by atoms with Crippen LogP contribution < -0.4 is 25.0 Å². The largest absolute Gasteiger partial charge is 0.495 e. The van der Waals surface area contributed by atoms with Crippen LogP contribution in [0.4, 0.5) is 5.69 Å². The lowest BCUT2D eigenvalue weighted by Crippen LogP contribution is -2.20. The molecular formula is C22H24BrN3O7. The summed E-state index contributed by atoms with van der Waals surface area (Å²) < 4.78 is 20.9. The Hall–Kier alpha value is -3.60. The Morgan fingerprint density at radius 3 is 2.39 bits per heavy atom. The van der Waals surface area contributed by atoms with Crippen LogP contribution in [0.3, 0.4) is 0 Å². The van der Waals surface area contributed by atoms with Crippen LogP contribution in [0.1, 0.15) is 18.4 Å². The Morgan fingerprint density at radius 1 is 1.00 bits per heavy atom. The van der Waals surface area contributed by atoms with Gasteiger partial charge in [0.15, 0.2) is 18.1 Å². The minimum atomic E-state index is -0.533. The maximum atomic E-state index is 12.1. The molecular weight excluding hydrogens is 498 g/mol. The summed E-state index contributed by atoms with van der Waals surface area (Å²) in [5.41, 5.74) is 3.49. The van der Waals surface area contributed by atoms with E-state index in [1.165, 1.54) is 27.5 Å². The van der Waals surface area contributed by atoms with Crippen molar-refractivity contribution in [3.05, 3.63) is 46.4 Å². The van der Waals surface area contributed by atoms with Gasteiger partial charge in [-0.1, -0.05) is 12.1 Å². The van der Waals surface area contributed by atoms with Gasteiger partial charge < -0.3 is 24.3 Å². The number of ether oxygens (including phenoxy) is 4. The third kappa shape index (κ3) is 8.11. The lowest BCUT2D eigenvalue weighted by molar-refractivity contribution is -0.143. The SMILES string of the molecule is COC(=O)COc1c(Br)cc(C=NNC(=O)CCC(=O)Nc2ccccc2OC)cc1OC. The van der Waals surface area contributed by atoms with Crippen LogP contribution in [0.2, 0.25) is 0 Å². The molecule has 2 amide bonds. The number of benzene rings is 2. The number of halogens is 1. The van der Waals surface area contributed by atoms with Crippen LogP contribution in [0.25, 0.3) is 0 Å². The van der Waals surface area contributed by atoms with Gasteiger partial charge in [-0.25, -0.2) is 10.2 Å². The van der Waals surface area contributed by atoms with Gasteiger partial charge in [0.25, 0.3) is 0 Å². The first-order chi connectivity index (χ1) is 15.9. The van der Waals surface area contributed by atoms with E-state index in [-0.39, 0.29) is 25.4 Å². The molecule has 0 atom stereocenters. The highest BCUT2D eigenvalue weighted by molar-refractivity contribution is 9.10. The van der Waals surface area contributed by atoms with Crippen molar-refractivity contribution in [1.29, 1.82) is 0 Å². The Morgan fingerprint density at radius 2 is 1.70 bits per heavy atom. The predicted octanol–water partition coefficient (Wildman–Crippen LogP) is 2.89. The highest BCUT2D eigenvalue weighted by Gasteiger charge is 2.14. The summed E-state index contributed by atoms with van der Waals surface area (Å²) in [6.45, 7) is -0.278. The first-order valence-corrected chi connectivity index (χ1v) is 10.5. The zero-order chi connectivity index (χ0) is 24.2. The number of hydrogen-bond donors (Lipinski definition) is 2. The molecule has 0 bridgehead atoms. The number of esters is 1. The van der Waals surface area contributed by atoms with E-state index >= 15 is 0 Å². The number of rotatable bonds is 11. The van der Waals surface area contributed by atoms with E-state index in [9.17, 15) is 14.4 Å². The summed E-state index contributed by atoms with van der Waals surface area (Å²) in [5.74, 6) is -0.0726. The van der Waals surface area contributed by atoms with Crippen LogP contribution in [-0.4, -0.2) is 51.9 Å². The molecule has 0 aromatic heterocycles. The van der Waals surface area contributed by atoms with Gasteiger partial charge in [-0.05, 0) is 45.8 Å². The Balaban J connectivity index is 1.88. The average molecular weight is 522 g/mol.